The molecule has 0 spiro atoms. The number of methoxy groups -OCH3 is 2. The molecule has 0 bridgehead atoms. The number of hydrogen-bond acceptors (Lipinski definition) is 4. The average Bonchev–Trinajstić information content (AvgIpc) is 2.26. The van der Waals surface area contributed by atoms with Crippen LogP contribution in [0.15, 0.2) is 12.3 Å². The molecule has 0 atom stereocenters. The highest BCUT2D eigenvalue weighted by molar-refractivity contribution is 9.08. The van der Waals surface area contributed by atoms with Crippen LogP contribution in [0, 0.1) is 0 Å². The van der Waals surface area contributed by atoms with Crippen LogP contribution in [-0.4, -0.2) is 25.2 Å². The van der Waals surface area contributed by atoms with Gasteiger partial charge >= 0.3 is 5.97 Å². The van der Waals surface area contributed by atoms with Crippen LogP contribution < -0.4 is 4.74 Å². The fraction of sp³-hybridized carbons (Fsp3) is 0.333. The Kier molecular flexibility index (Phi) is 3.88. The Morgan fingerprint density at radius 2 is 2.29 bits per heavy atom. The molecule has 1 heterocycles. The van der Waals surface area contributed by atoms with Gasteiger partial charge in [0.25, 0.3) is 0 Å². The molecule has 4 nitrogen and oxygen atoms in total. The quantitative estimate of drug-likeness (QED) is 0.613. The normalized spacial score (nSPS) is 9.64. The largest absolute Gasteiger partial charge is 0.481 e. The first-order valence-electron chi connectivity index (χ1n) is 3.90. The molecule has 0 aromatic carbocycles. The molecule has 14 heavy (non-hydrogen) atoms. The maximum absolute atomic E-state index is 11.3. The van der Waals surface area contributed by atoms with Crippen molar-refractivity contribution in [2.45, 2.75) is 5.33 Å². The second-order valence-electron chi connectivity index (χ2n) is 2.47. The SMILES string of the molecule is COC(=O)c1ccnc(OC)c1CBr. The average molecular weight is 260 g/mol. The number of pyridine rings is 1. The third-order valence-electron chi connectivity index (χ3n) is 1.75. The molecule has 0 aliphatic carbocycles. The van der Waals surface area contributed by atoms with E-state index in [9.17, 15) is 4.79 Å². The molecule has 0 aliphatic heterocycles. The predicted molar refractivity (Wildman–Crippen MR) is 54.8 cm³/mol. The first kappa shape index (κ1) is 11.0. The summed E-state index contributed by atoms with van der Waals surface area (Å²) in [5.41, 5.74) is 1.16. The summed E-state index contributed by atoms with van der Waals surface area (Å²) in [6.07, 6.45) is 1.51. The zero-order valence-corrected chi connectivity index (χ0v) is 9.50. The molecule has 0 unspecified atom stereocenters. The minimum Gasteiger partial charge on any atom is -0.481 e. The Morgan fingerprint density at radius 1 is 1.57 bits per heavy atom. The lowest BCUT2D eigenvalue weighted by atomic mass is 10.1. The third-order valence-corrected chi connectivity index (χ3v) is 2.31. The highest BCUT2D eigenvalue weighted by atomic mass is 79.9. The van der Waals surface area contributed by atoms with Crippen molar-refractivity contribution in [1.29, 1.82) is 0 Å². The molecule has 76 valence electrons. The topological polar surface area (TPSA) is 48.4 Å². The van der Waals surface area contributed by atoms with E-state index in [1.165, 1.54) is 20.4 Å². The van der Waals surface area contributed by atoms with Gasteiger partial charge in [-0.15, -0.1) is 0 Å². The Hall–Kier alpha value is -1.10. The van der Waals surface area contributed by atoms with Crippen LogP contribution >= 0.6 is 15.9 Å². The van der Waals surface area contributed by atoms with Gasteiger partial charge in [-0.1, -0.05) is 15.9 Å². The van der Waals surface area contributed by atoms with Crippen molar-refractivity contribution in [1.82, 2.24) is 4.98 Å². The van der Waals surface area contributed by atoms with Crippen LogP contribution in [-0.2, 0) is 10.1 Å². The van der Waals surface area contributed by atoms with Crippen molar-refractivity contribution in [3.8, 4) is 5.88 Å². The molecule has 0 N–H and O–H groups in total. The number of nitrogens with zero attached hydrogens (tertiary/aromatic N) is 1. The molecule has 0 amide bonds. The Labute approximate surface area is 90.4 Å². The van der Waals surface area contributed by atoms with Crippen molar-refractivity contribution >= 4 is 21.9 Å². The van der Waals surface area contributed by atoms with E-state index in [1.807, 2.05) is 0 Å². The fourth-order valence-electron chi connectivity index (χ4n) is 1.08. The van der Waals surface area contributed by atoms with E-state index >= 15 is 0 Å². The monoisotopic (exact) mass is 259 g/mol. The summed E-state index contributed by atoms with van der Waals surface area (Å²) < 4.78 is 9.66. The zero-order valence-electron chi connectivity index (χ0n) is 7.91. The van der Waals surface area contributed by atoms with Gasteiger partial charge in [0, 0.05) is 17.1 Å². The minimum atomic E-state index is -0.389. The summed E-state index contributed by atoms with van der Waals surface area (Å²) in [6, 6.07) is 1.60. The lowest BCUT2D eigenvalue weighted by Gasteiger charge is -2.08. The van der Waals surface area contributed by atoms with Gasteiger partial charge in [0.1, 0.15) is 0 Å². The Balaban J connectivity index is 3.21. The molecule has 1 aromatic rings. The molecule has 0 saturated heterocycles. The number of carbonyl (C=O) groups excluding carboxylic acids is 1. The van der Waals surface area contributed by atoms with Crippen molar-refractivity contribution in [2.75, 3.05) is 14.2 Å². The maximum atomic E-state index is 11.3. The summed E-state index contributed by atoms with van der Waals surface area (Å²) >= 11 is 3.27. The molecular weight excluding hydrogens is 250 g/mol. The standard InChI is InChI=1S/C9H10BrNO3/c1-13-8-7(5-10)6(3-4-11-8)9(12)14-2/h3-4H,5H2,1-2H3. The van der Waals surface area contributed by atoms with E-state index in [4.69, 9.17) is 4.74 Å². The fourth-order valence-corrected chi connectivity index (χ4v) is 1.62. The first-order chi connectivity index (χ1) is 6.74. The summed E-state index contributed by atoms with van der Waals surface area (Å²) in [7, 11) is 2.85. The van der Waals surface area contributed by atoms with Crippen LogP contribution in [0.1, 0.15) is 15.9 Å². The number of alkyl halides is 1. The number of halogens is 1. The van der Waals surface area contributed by atoms with Crippen LogP contribution in [0.5, 0.6) is 5.88 Å². The van der Waals surface area contributed by atoms with Gasteiger partial charge in [0.15, 0.2) is 0 Å². The number of hydrogen-bond donors (Lipinski definition) is 0. The van der Waals surface area contributed by atoms with Gasteiger partial charge in [-0.25, -0.2) is 9.78 Å². The van der Waals surface area contributed by atoms with Crippen LogP contribution in [0.2, 0.25) is 0 Å². The highest BCUT2D eigenvalue weighted by Gasteiger charge is 2.15. The van der Waals surface area contributed by atoms with E-state index in [-0.39, 0.29) is 5.97 Å². The molecule has 1 aromatic heterocycles. The van der Waals surface area contributed by atoms with E-state index in [0.29, 0.717) is 22.3 Å². The molecule has 5 heteroatoms. The number of rotatable bonds is 3. The van der Waals surface area contributed by atoms with E-state index in [2.05, 4.69) is 25.7 Å². The van der Waals surface area contributed by atoms with E-state index in [0.717, 1.165) is 0 Å². The third kappa shape index (κ3) is 2.04. The molecule has 0 fully saturated rings. The van der Waals surface area contributed by atoms with Crippen molar-refractivity contribution in [3.63, 3.8) is 0 Å². The lowest BCUT2D eigenvalue weighted by Crippen LogP contribution is -2.07. The van der Waals surface area contributed by atoms with Crippen molar-refractivity contribution in [3.05, 3.63) is 23.4 Å². The van der Waals surface area contributed by atoms with Gasteiger partial charge < -0.3 is 9.47 Å². The molecule has 0 aliphatic rings. The van der Waals surface area contributed by atoms with Crippen LogP contribution in [0.4, 0.5) is 0 Å². The van der Waals surface area contributed by atoms with E-state index < -0.39 is 0 Å². The van der Waals surface area contributed by atoms with Gasteiger partial charge in [-0.05, 0) is 6.07 Å². The number of ether oxygens (including phenoxy) is 2. The summed E-state index contributed by atoms with van der Waals surface area (Å²) in [6.45, 7) is 0. The lowest BCUT2D eigenvalue weighted by molar-refractivity contribution is 0.0599. The predicted octanol–water partition coefficient (Wildman–Crippen LogP) is 1.77. The van der Waals surface area contributed by atoms with Crippen molar-refractivity contribution < 1.29 is 14.3 Å². The molecule has 0 saturated carbocycles. The van der Waals surface area contributed by atoms with Crippen LogP contribution in [0.3, 0.4) is 0 Å². The summed E-state index contributed by atoms with van der Waals surface area (Å²) in [4.78, 5) is 15.3. The summed E-state index contributed by atoms with van der Waals surface area (Å²) in [5.74, 6) is 0.0462. The molecule has 0 radical (unpaired) electrons. The second-order valence-corrected chi connectivity index (χ2v) is 3.03. The zero-order chi connectivity index (χ0) is 10.6. The van der Waals surface area contributed by atoms with Gasteiger partial charge in [0.05, 0.1) is 19.8 Å². The first-order valence-corrected chi connectivity index (χ1v) is 5.02. The Bertz CT molecular complexity index is 341. The van der Waals surface area contributed by atoms with Gasteiger partial charge in [-0.2, -0.15) is 0 Å². The Morgan fingerprint density at radius 3 is 2.79 bits per heavy atom. The van der Waals surface area contributed by atoms with Crippen molar-refractivity contribution in [2.24, 2.45) is 0 Å². The highest BCUT2D eigenvalue weighted by Crippen LogP contribution is 2.22. The van der Waals surface area contributed by atoms with Crippen LogP contribution in [0.25, 0.3) is 0 Å². The smallest absolute Gasteiger partial charge is 0.338 e. The number of carbonyl (C=O) groups is 1. The molecular formula is C9H10BrNO3. The second kappa shape index (κ2) is 4.95. The number of esters is 1. The van der Waals surface area contributed by atoms with Gasteiger partial charge in [0.2, 0.25) is 5.88 Å². The van der Waals surface area contributed by atoms with E-state index in [1.54, 1.807) is 6.07 Å². The number of aromatic nitrogens is 1. The molecule has 1 rings (SSSR count). The maximum Gasteiger partial charge on any atom is 0.338 e. The van der Waals surface area contributed by atoms with Gasteiger partial charge in [-0.3, -0.25) is 0 Å². The summed E-state index contributed by atoms with van der Waals surface area (Å²) in [5, 5.41) is 0.494. The minimum absolute atomic E-state index is 0.389.